The van der Waals surface area contributed by atoms with E-state index in [4.69, 9.17) is 0 Å². The zero-order valence-electron chi connectivity index (χ0n) is 18.6. The van der Waals surface area contributed by atoms with E-state index in [1.54, 1.807) is 0 Å². The van der Waals surface area contributed by atoms with Crippen LogP contribution in [0.5, 0.6) is 0 Å². The molecule has 0 aromatic heterocycles. The van der Waals surface area contributed by atoms with Crippen molar-refractivity contribution < 1.29 is 9.59 Å². The summed E-state index contributed by atoms with van der Waals surface area (Å²) in [6.45, 7) is 11.5. The molecule has 0 radical (unpaired) electrons. The summed E-state index contributed by atoms with van der Waals surface area (Å²) in [5, 5.41) is 0. The Balaban J connectivity index is 1.30. The summed E-state index contributed by atoms with van der Waals surface area (Å²) >= 11 is 0. The third-order valence-electron chi connectivity index (χ3n) is 7.21. The molecule has 4 rings (SSSR count). The van der Waals surface area contributed by atoms with Gasteiger partial charge in [-0.2, -0.15) is 0 Å². The van der Waals surface area contributed by atoms with Crippen molar-refractivity contribution >= 4 is 11.8 Å². The van der Waals surface area contributed by atoms with E-state index in [0.29, 0.717) is 6.54 Å². The van der Waals surface area contributed by atoms with E-state index in [0.717, 1.165) is 70.4 Å². The van der Waals surface area contributed by atoms with Crippen LogP contribution >= 0.6 is 0 Å². The van der Waals surface area contributed by atoms with Crippen LogP contribution < -0.4 is 0 Å². The van der Waals surface area contributed by atoms with Gasteiger partial charge in [0.25, 0.3) is 5.91 Å². The molecule has 30 heavy (non-hydrogen) atoms. The standard InChI is InChI=1S/C24H36N4O2/c1-3-26(4-2)24(30)20-8-9-21-17-25(11-10-19(21)16-20)18-23(29)28-14-12-27(13-15-28)22-6-5-7-22/h8-9,16,22H,3-7,10-15,17-18H2,1-2H3. The van der Waals surface area contributed by atoms with E-state index in [-0.39, 0.29) is 11.8 Å². The minimum atomic E-state index is 0.112. The van der Waals surface area contributed by atoms with E-state index in [2.05, 4.69) is 26.8 Å². The summed E-state index contributed by atoms with van der Waals surface area (Å²) < 4.78 is 0. The van der Waals surface area contributed by atoms with Gasteiger partial charge in [0, 0.05) is 64.0 Å². The second-order valence-electron chi connectivity index (χ2n) is 8.92. The number of piperazine rings is 1. The highest BCUT2D eigenvalue weighted by molar-refractivity contribution is 5.94. The van der Waals surface area contributed by atoms with Crippen LogP contribution in [0.1, 0.15) is 54.6 Å². The first-order valence-electron chi connectivity index (χ1n) is 11.7. The van der Waals surface area contributed by atoms with Gasteiger partial charge in [-0.3, -0.25) is 19.4 Å². The van der Waals surface area contributed by atoms with Crippen molar-refractivity contribution in [3.8, 4) is 0 Å². The maximum Gasteiger partial charge on any atom is 0.253 e. The topological polar surface area (TPSA) is 47.1 Å². The Morgan fingerprint density at radius 3 is 2.37 bits per heavy atom. The van der Waals surface area contributed by atoms with E-state index in [1.165, 1.54) is 30.4 Å². The van der Waals surface area contributed by atoms with Crippen molar-refractivity contribution in [1.82, 2.24) is 19.6 Å². The summed E-state index contributed by atoms with van der Waals surface area (Å²) in [5.41, 5.74) is 3.29. The number of fused-ring (bicyclic) bond motifs is 1. The lowest BCUT2D eigenvalue weighted by atomic mass is 9.91. The van der Waals surface area contributed by atoms with E-state index in [9.17, 15) is 9.59 Å². The summed E-state index contributed by atoms with van der Waals surface area (Å²) in [6.07, 6.45) is 4.94. The fourth-order valence-electron chi connectivity index (χ4n) is 4.95. The Labute approximate surface area is 180 Å². The van der Waals surface area contributed by atoms with Gasteiger partial charge in [0.2, 0.25) is 5.91 Å². The monoisotopic (exact) mass is 412 g/mol. The molecular formula is C24H36N4O2. The molecule has 2 amide bonds. The van der Waals surface area contributed by atoms with Crippen molar-refractivity contribution in [2.24, 2.45) is 0 Å². The Kier molecular flexibility index (Phi) is 6.74. The van der Waals surface area contributed by atoms with Crippen LogP contribution in [0.15, 0.2) is 18.2 Å². The number of rotatable bonds is 6. The summed E-state index contributed by atoms with van der Waals surface area (Å²) in [5.74, 6) is 0.376. The van der Waals surface area contributed by atoms with E-state index in [1.807, 2.05) is 24.8 Å². The summed E-state index contributed by atoms with van der Waals surface area (Å²) in [6, 6.07) is 6.87. The average molecular weight is 413 g/mol. The van der Waals surface area contributed by atoms with Crippen LogP contribution in [0.25, 0.3) is 0 Å². The lowest BCUT2D eigenvalue weighted by Crippen LogP contribution is -2.55. The first kappa shape index (κ1) is 21.3. The van der Waals surface area contributed by atoms with Crippen molar-refractivity contribution in [3.63, 3.8) is 0 Å². The molecule has 1 saturated carbocycles. The first-order chi connectivity index (χ1) is 14.6. The molecule has 0 spiro atoms. The molecule has 164 valence electrons. The third kappa shape index (κ3) is 4.54. The highest BCUT2D eigenvalue weighted by Crippen LogP contribution is 2.26. The van der Waals surface area contributed by atoms with Gasteiger partial charge >= 0.3 is 0 Å². The second-order valence-corrected chi connectivity index (χ2v) is 8.92. The fourth-order valence-corrected chi connectivity index (χ4v) is 4.95. The number of nitrogens with zero attached hydrogens (tertiary/aromatic N) is 4. The minimum absolute atomic E-state index is 0.112. The van der Waals surface area contributed by atoms with Crippen molar-refractivity contribution in [3.05, 3.63) is 34.9 Å². The number of benzene rings is 1. The van der Waals surface area contributed by atoms with Gasteiger partial charge < -0.3 is 9.80 Å². The van der Waals surface area contributed by atoms with Gasteiger partial charge in [-0.1, -0.05) is 12.5 Å². The first-order valence-corrected chi connectivity index (χ1v) is 11.7. The maximum absolute atomic E-state index is 12.8. The molecule has 1 aliphatic carbocycles. The number of amides is 2. The lowest BCUT2D eigenvalue weighted by Gasteiger charge is -2.43. The van der Waals surface area contributed by atoms with E-state index < -0.39 is 0 Å². The molecule has 3 aliphatic rings. The van der Waals surface area contributed by atoms with Crippen LogP contribution in [0.3, 0.4) is 0 Å². The van der Waals surface area contributed by atoms with Crippen LogP contribution in [0, 0.1) is 0 Å². The number of hydrogen-bond acceptors (Lipinski definition) is 4. The predicted molar refractivity (Wildman–Crippen MR) is 118 cm³/mol. The molecular weight excluding hydrogens is 376 g/mol. The third-order valence-corrected chi connectivity index (χ3v) is 7.21. The molecule has 1 saturated heterocycles. The largest absolute Gasteiger partial charge is 0.339 e. The SMILES string of the molecule is CCN(CC)C(=O)c1ccc2c(c1)CCN(CC(=O)N1CCN(C3CCC3)CC1)C2. The van der Waals surface area contributed by atoms with Gasteiger partial charge in [0.15, 0.2) is 0 Å². The van der Waals surface area contributed by atoms with Gasteiger partial charge in [-0.25, -0.2) is 0 Å². The molecule has 1 aromatic carbocycles. The molecule has 0 unspecified atom stereocenters. The van der Waals surface area contributed by atoms with Crippen LogP contribution in [0.2, 0.25) is 0 Å². The molecule has 1 aromatic rings. The van der Waals surface area contributed by atoms with Crippen LogP contribution in [0.4, 0.5) is 0 Å². The van der Waals surface area contributed by atoms with Crippen molar-refractivity contribution in [2.45, 2.75) is 52.1 Å². The van der Waals surface area contributed by atoms with E-state index >= 15 is 0 Å². The molecule has 0 atom stereocenters. The Hall–Kier alpha value is -1.92. The number of carbonyl (C=O) groups excluding carboxylic acids is 2. The highest BCUT2D eigenvalue weighted by atomic mass is 16.2. The number of carbonyl (C=O) groups is 2. The molecule has 0 bridgehead atoms. The Bertz CT molecular complexity index is 764. The zero-order chi connectivity index (χ0) is 21.1. The second kappa shape index (κ2) is 9.48. The smallest absolute Gasteiger partial charge is 0.253 e. The van der Waals surface area contributed by atoms with Crippen LogP contribution in [-0.2, 0) is 17.8 Å². The zero-order valence-corrected chi connectivity index (χ0v) is 18.6. The minimum Gasteiger partial charge on any atom is -0.339 e. The quantitative estimate of drug-likeness (QED) is 0.719. The summed E-state index contributed by atoms with van der Waals surface area (Å²) in [7, 11) is 0. The Morgan fingerprint density at radius 2 is 1.73 bits per heavy atom. The van der Waals surface area contributed by atoms with Crippen molar-refractivity contribution in [2.75, 3.05) is 52.4 Å². The molecule has 0 N–H and O–H groups in total. The molecule has 2 aliphatic heterocycles. The Morgan fingerprint density at radius 1 is 1.00 bits per heavy atom. The fraction of sp³-hybridized carbons (Fsp3) is 0.667. The molecule has 2 fully saturated rings. The van der Waals surface area contributed by atoms with Crippen LogP contribution in [-0.4, -0.2) is 89.8 Å². The average Bonchev–Trinajstić information content (AvgIpc) is 2.73. The highest BCUT2D eigenvalue weighted by Gasteiger charge is 2.30. The maximum atomic E-state index is 12.8. The molecule has 6 heteroatoms. The normalized spacial score (nSPS) is 20.5. The number of hydrogen-bond donors (Lipinski definition) is 0. The van der Waals surface area contributed by atoms with Gasteiger partial charge in [-0.05, 0) is 56.4 Å². The van der Waals surface area contributed by atoms with Gasteiger partial charge in [-0.15, -0.1) is 0 Å². The molecule has 2 heterocycles. The summed E-state index contributed by atoms with van der Waals surface area (Å²) in [4.78, 5) is 34.2. The lowest BCUT2D eigenvalue weighted by molar-refractivity contribution is -0.135. The predicted octanol–water partition coefficient (Wildman–Crippen LogP) is 2.22. The van der Waals surface area contributed by atoms with Gasteiger partial charge in [0.1, 0.15) is 0 Å². The van der Waals surface area contributed by atoms with Crippen molar-refractivity contribution in [1.29, 1.82) is 0 Å². The molecule has 6 nitrogen and oxygen atoms in total. The van der Waals surface area contributed by atoms with Gasteiger partial charge in [0.05, 0.1) is 6.54 Å².